The van der Waals surface area contributed by atoms with Crippen molar-refractivity contribution in [3.8, 4) is 5.75 Å². The Bertz CT molecular complexity index is 890. The number of halogens is 1. The van der Waals surface area contributed by atoms with Crippen molar-refractivity contribution >= 4 is 52.5 Å². The first-order valence-corrected chi connectivity index (χ1v) is 8.59. The van der Waals surface area contributed by atoms with Gasteiger partial charge in [-0.3, -0.25) is 14.9 Å². The Labute approximate surface area is 152 Å². The predicted octanol–water partition coefficient (Wildman–Crippen LogP) is 3.47. The van der Waals surface area contributed by atoms with Gasteiger partial charge in [-0.2, -0.15) is 0 Å². The highest BCUT2D eigenvalue weighted by Crippen LogP contribution is 2.31. The number of para-hydroxylation sites is 2. The van der Waals surface area contributed by atoms with Crippen molar-refractivity contribution in [2.24, 2.45) is 0 Å². The quantitative estimate of drug-likeness (QED) is 0.654. The van der Waals surface area contributed by atoms with Crippen LogP contribution in [0.1, 0.15) is 11.8 Å². The summed E-state index contributed by atoms with van der Waals surface area (Å²) in [5, 5.41) is 2.18. The summed E-state index contributed by atoms with van der Waals surface area (Å²) in [5.41, 5.74) is 0.124. The van der Waals surface area contributed by atoms with Crippen molar-refractivity contribution < 1.29 is 19.1 Å². The molecular formula is C17H13ClN2O4S. The lowest BCUT2D eigenvalue weighted by atomic mass is 10.1. The molecule has 1 saturated heterocycles. The van der Waals surface area contributed by atoms with E-state index in [0.29, 0.717) is 21.6 Å². The minimum atomic E-state index is -0.816. The molecule has 1 fully saturated rings. The number of carbonyl (C=O) groups is 3. The summed E-state index contributed by atoms with van der Waals surface area (Å²) in [6.07, 6.45) is 1.41. The second-order valence-electron chi connectivity index (χ2n) is 5.00. The molecule has 128 valence electrons. The summed E-state index contributed by atoms with van der Waals surface area (Å²) in [6.45, 7) is 2.17. The average molecular weight is 377 g/mol. The van der Waals surface area contributed by atoms with Crippen LogP contribution in [0.15, 0.2) is 42.0 Å². The number of hydrogen-bond donors (Lipinski definition) is 1. The first-order valence-electron chi connectivity index (χ1n) is 7.40. The minimum absolute atomic E-state index is 0.149. The number of barbiturate groups is 1. The highest BCUT2D eigenvalue weighted by Gasteiger charge is 2.38. The van der Waals surface area contributed by atoms with Crippen molar-refractivity contribution in [2.45, 2.75) is 6.92 Å². The van der Waals surface area contributed by atoms with E-state index in [1.54, 1.807) is 43.3 Å². The number of thiophene rings is 1. The van der Waals surface area contributed by atoms with Gasteiger partial charge in [0, 0.05) is 4.88 Å². The first kappa shape index (κ1) is 17.2. The van der Waals surface area contributed by atoms with E-state index in [1.165, 1.54) is 17.4 Å². The van der Waals surface area contributed by atoms with Crippen LogP contribution in [0.25, 0.3) is 6.08 Å². The summed E-state index contributed by atoms with van der Waals surface area (Å²) >= 11 is 7.10. The molecule has 0 saturated carbocycles. The lowest BCUT2D eigenvalue weighted by Gasteiger charge is -2.27. The minimum Gasteiger partial charge on any atom is -0.492 e. The monoisotopic (exact) mass is 376 g/mol. The Morgan fingerprint density at radius 1 is 1.20 bits per heavy atom. The van der Waals surface area contributed by atoms with Crippen LogP contribution in [0, 0.1) is 0 Å². The molecule has 0 unspecified atom stereocenters. The van der Waals surface area contributed by atoms with Crippen LogP contribution >= 0.6 is 22.9 Å². The summed E-state index contributed by atoms with van der Waals surface area (Å²) in [5.74, 6) is -1.09. The molecule has 4 amide bonds. The van der Waals surface area contributed by atoms with Gasteiger partial charge in [-0.05, 0) is 37.3 Å². The fourth-order valence-corrected chi connectivity index (χ4v) is 3.35. The number of imide groups is 2. The molecule has 1 N–H and O–H groups in total. The second-order valence-corrected chi connectivity index (χ2v) is 6.75. The molecule has 0 spiro atoms. The van der Waals surface area contributed by atoms with Gasteiger partial charge in [0.15, 0.2) is 0 Å². The lowest BCUT2D eigenvalue weighted by Crippen LogP contribution is -2.54. The third kappa shape index (κ3) is 3.42. The number of hydrogen-bond acceptors (Lipinski definition) is 5. The Kier molecular flexibility index (Phi) is 4.87. The summed E-state index contributed by atoms with van der Waals surface area (Å²) < 4.78 is 6.01. The molecule has 1 aromatic heterocycles. The Balaban J connectivity index is 2.03. The van der Waals surface area contributed by atoms with Gasteiger partial charge in [0.25, 0.3) is 11.8 Å². The molecule has 1 aromatic carbocycles. The summed E-state index contributed by atoms with van der Waals surface area (Å²) in [4.78, 5) is 38.7. The number of benzene rings is 1. The van der Waals surface area contributed by atoms with Crippen molar-refractivity contribution in [2.75, 3.05) is 11.5 Å². The van der Waals surface area contributed by atoms with E-state index in [9.17, 15) is 14.4 Å². The molecule has 8 heteroatoms. The topological polar surface area (TPSA) is 75.7 Å². The number of urea groups is 1. The third-order valence-electron chi connectivity index (χ3n) is 3.39. The largest absolute Gasteiger partial charge is 0.492 e. The van der Waals surface area contributed by atoms with Crippen LogP contribution in [0.5, 0.6) is 5.75 Å². The molecule has 0 aliphatic carbocycles. The molecule has 2 heterocycles. The van der Waals surface area contributed by atoms with Crippen LogP contribution in [0.2, 0.25) is 4.34 Å². The SMILES string of the molecule is CCOc1ccccc1N1C(=O)NC(=O)/C(=C\c2ccc(Cl)s2)C1=O. The Hall–Kier alpha value is -2.64. The molecule has 1 aliphatic heterocycles. The standard InChI is InChI=1S/C17H13ClN2O4S/c1-2-24-13-6-4-3-5-12(13)20-16(22)11(15(21)19-17(20)23)9-10-7-8-14(18)25-10/h3-9H,2H2,1H3,(H,19,21,23)/b11-9+. The van der Waals surface area contributed by atoms with Crippen molar-refractivity contribution in [1.29, 1.82) is 0 Å². The van der Waals surface area contributed by atoms with Gasteiger partial charge in [-0.25, -0.2) is 9.69 Å². The second kappa shape index (κ2) is 7.08. The Morgan fingerprint density at radius 3 is 2.64 bits per heavy atom. The number of carbonyl (C=O) groups excluding carboxylic acids is 3. The zero-order valence-electron chi connectivity index (χ0n) is 13.1. The van der Waals surface area contributed by atoms with Crippen LogP contribution in [-0.2, 0) is 9.59 Å². The first-order chi connectivity index (χ1) is 12.0. The van der Waals surface area contributed by atoms with Gasteiger partial charge >= 0.3 is 6.03 Å². The molecule has 3 rings (SSSR count). The molecular weight excluding hydrogens is 364 g/mol. The zero-order valence-corrected chi connectivity index (χ0v) is 14.7. The number of ether oxygens (including phenoxy) is 1. The van der Waals surface area contributed by atoms with E-state index >= 15 is 0 Å². The smallest absolute Gasteiger partial charge is 0.336 e. The normalized spacial score (nSPS) is 16.3. The summed E-state index contributed by atoms with van der Waals surface area (Å²) in [6, 6.07) is 9.18. The van der Waals surface area contributed by atoms with Gasteiger partial charge < -0.3 is 4.74 Å². The van der Waals surface area contributed by atoms with Crippen LogP contribution in [-0.4, -0.2) is 24.5 Å². The number of rotatable bonds is 4. The van der Waals surface area contributed by atoms with Gasteiger partial charge in [0.1, 0.15) is 11.3 Å². The van der Waals surface area contributed by atoms with Crippen LogP contribution in [0.4, 0.5) is 10.5 Å². The van der Waals surface area contributed by atoms with Gasteiger partial charge in [-0.15, -0.1) is 11.3 Å². The number of nitrogens with zero attached hydrogens (tertiary/aromatic N) is 1. The highest BCUT2D eigenvalue weighted by atomic mass is 35.5. The van der Waals surface area contributed by atoms with Crippen molar-refractivity contribution in [3.63, 3.8) is 0 Å². The van der Waals surface area contributed by atoms with Crippen molar-refractivity contribution in [3.05, 3.63) is 51.2 Å². The maximum atomic E-state index is 12.8. The third-order valence-corrected chi connectivity index (χ3v) is 4.57. The van der Waals surface area contributed by atoms with Gasteiger partial charge in [-0.1, -0.05) is 23.7 Å². The van der Waals surface area contributed by atoms with Gasteiger partial charge in [0.05, 0.1) is 16.6 Å². The fraction of sp³-hybridized carbons (Fsp3) is 0.118. The van der Waals surface area contributed by atoms with E-state index in [1.807, 2.05) is 0 Å². The molecule has 6 nitrogen and oxygen atoms in total. The van der Waals surface area contributed by atoms with Gasteiger partial charge in [0.2, 0.25) is 0 Å². The predicted molar refractivity (Wildman–Crippen MR) is 95.9 cm³/mol. The molecule has 2 aromatic rings. The molecule has 25 heavy (non-hydrogen) atoms. The number of amides is 4. The molecule has 1 aliphatic rings. The fourth-order valence-electron chi connectivity index (χ4n) is 2.34. The van der Waals surface area contributed by atoms with Crippen molar-refractivity contribution in [1.82, 2.24) is 5.32 Å². The summed E-state index contributed by atoms with van der Waals surface area (Å²) in [7, 11) is 0. The maximum absolute atomic E-state index is 12.8. The molecule has 0 radical (unpaired) electrons. The highest BCUT2D eigenvalue weighted by molar-refractivity contribution is 7.17. The average Bonchev–Trinajstić information content (AvgIpc) is 2.98. The maximum Gasteiger partial charge on any atom is 0.336 e. The van der Waals surface area contributed by atoms with E-state index in [2.05, 4.69) is 5.32 Å². The number of anilines is 1. The van der Waals surface area contributed by atoms with E-state index in [0.717, 1.165) is 4.90 Å². The van der Waals surface area contributed by atoms with Crippen LogP contribution < -0.4 is 15.0 Å². The molecule has 0 atom stereocenters. The van der Waals surface area contributed by atoms with E-state index < -0.39 is 17.8 Å². The number of nitrogens with one attached hydrogen (secondary N) is 1. The zero-order chi connectivity index (χ0) is 18.0. The Morgan fingerprint density at radius 2 is 1.96 bits per heavy atom. The lowest BCUT2D eigenvalue weighted by molar-refractivity contribution is -0.122. The molecule has 0 bridgehead atoms. The van der Waals surface area contributed by atoms with Crippen LogP contribution in [0.3, 0.4) is 0 Å². The van der Waals surface area contributed by atoms with E-state index in [4.69, 9.17) is 16.3 Å². The van der Waals surface area contributed by atoms with E-state index in [-0.39, 0.29) is 11.3 Å².